The van der Waals surface area contributed by atoms with Gasteiger partial charge in [0, 0.05) is 25.1 Å². The van der Waals surface area contributed by atoms with Crippen LogP contribution in [0.5, 0.6) is 0 Å². The number of carbonyl (C=O) groups is 1. The number of aromatic nitrogens is 2. The highest BCUT2D eigenvalue weighted by Crippen LogP contribution is 2.25. The van der Waals surface area contributed by atoms with Crippen molar-refractivity contribution in [2.24, 2.45) is 7.05 Å². The van der Waals surface area contributed by atoms with Crippen LogP contribution >= 0.6 is 0 Å². The maximum Gasteiger partial charge on any atom is 0.338 e. The van der Waals surface area contributed by atoms with Crippen LogP contribution in [-0.2, 0) is 23.7 Å². The van der Waals surface area contributed by atoms with Crippen molar-refractivity contribution in [2.75, 3.05) is 0 Å². The molecule has 0 amide bonds. The predicted molar refractivity (Wildman–Crippen MR) is 58.1 cm³/mol. The lowest BCUT2D eigenvalue weighted by Gasteiger charge is -2.17. The molecule has 0 radical (unpaired) electrons. The second-order valence-corrected chi connectivity index (χ2v) is 4.94. The topological polar surface area (TPSA) is 55.1 Å². The Labute approximate surface area is 94.1 Å². The minimum absolute atomic E-state index is 0.129. The van der Waals surface area contributed by atoms with Crippen molar-refractivity contribution in [3.63, 3.8) is 0 Å². The second kappa shape index (κ2) is 4.23. The minimum Gasteiger partial charge on any atom is -0.479 e. The lowest BCUT2D eigenvalue weighted by Crippen LogP contribution is -2.20. The monoisotopic (exact) mass is 228 g/mol. The first-order chi connectivity index (χ1) is 7.21. The average molecular weight is 228 g/mol. The van der Waals surface area contributed by atoms with Crippen LogP contribution in [0.15, 0.2) is 6.20 Å². The molecule has 1 atom stereocenters. The molecule has 0 aliphatic carbocycles. The number of carboxylic acid groups (broad SMARTS) is 1. The second-order valence-electron chi connectivity index (χ2n) is 4.94. The van der Waals surface area contributed by atoms with Gasteiger partial charge in [0.15, 0.2) is 0 Å². The Balaban J connectivity index is 3.00. The normalized spacial score (nSPS) is 13.8. The molecule has 0 aliphatic heterocycles. The summed E-state index contributed by atoms with van der Waals surface area (Å²) in [6.45, 7) is 5.90. The summed E-state index contributed by atoms with van der Waals surface area (Å²) in [4.78, 5) is 10.5. The summed E-state index contributed by atoms with van der Waals surface area (Å²) >= 11 is 0. The number of carboxylic acids is 1. The summed E-state index contributed by atoms with van der Waals surface area (Å²) in [5, 5.41) is 12.8. The van der Waals surface area contributed by atoms with E-state index in [9.17, 15) is 9.18 Å². The van der Waals surface area contributed by atoms with Crippen LogP contribution in [0.2, 0.25) is 0 Å². The summed E-state index contributed by atoms with van der Waals surface area (Å²) in [6.07, 6.45) is -0.323. The number of aryl methyl sites for hydroxylation is 1. The van der Waals surface area contributed by atoms with Gasteiger partial charge in [-0.3, -0.25) is 4.68 Å². The zero-order chi connectivity index (χ0) is 12.5. The molecule has 1 aromatic heterocycles. The van der Waals surface area contributed by atoms with Gasteiger partial charge in [-0.25, -0.2) is 9.18 Å². The van der Waals surface area contributed by atoms with E-state index in [1.165, 1.54) is 0 Å². The van der Waals surface area contributed by atoms with E-state index in [0.29, 0.717) is 5.56 Å². The van der Waals surface area contributed by atoms with Crippen LogP contribution in [0.25, 0.3) is 0 Å². The third-order valence-electron chi connectivity index (χ3n) is 2.28. The van der Waals surface area contributed by atoms with Crippen molar-refractivity contribution >= 4 is 5.97 Å². The summed E-state index contributed by atoms with van der Waals surface area (Å²) in [5.74, 6) is -1.43. The fraction of sp³-hybridized carbons (Fsp3) is 0.636. The molecule has 1 unspecified atom stereocenters. The van der Waals surface area contributed by atoms with Crippen LogP contribution in [-0.4, -0.2) is 27.0 Å². The minimum atomic E-state index is -1.87. The predicted octanol–water partition coefficient (Wildman–Crippen LogP) is 1.68. The molecule has 0 saturated heterocycles. The smallest absolute Gasteiger partial charge is 0.338 e. The average Bonchev–Trinajstić information content (AvgIpc) is 2.45. The van der Waals surface area contributed by atoms with Gasteiger partial charge >= 0.3 is 5.97 Å². The quantitative estimate of drug-likeness (QED) is 0.856. The molecule has 0 fully saturated rings. The highest BCUT2D eigenvalue weighted by Gasteiger charge is 2.25. The van der Waals surface area contributed by atoms with Crippen molar-refractivity contribution in [1.82, 2.24) is 9.78 Å². The van der Waals surface area contributed by atoms with Crippen LogP contribution < -0.4 is 0 Å². The van der Waals surface area contributed by atoms with Crippen molar-refractivity contribution in [1.29, 1.82) is 0 Å². The summed E-state index contributed by atoms with van der Waals surface area (Å²) in [7, 11) is 1.74. The molecule has 1 rings (SSSR count). The van der Waals surface area contributed by atoms with Crippen LogP contribution in [0, 0.1) is 0 Å². The standard InChI is InChI=1S/C11H17FN2O2/c1-11(2,3)9-7(6-14(4)13-9)5-8(12)10(15)16/h6,8H,5H2,1-4H3,(H,15,16). The summed E-state index contributed by atoms with van der Waals surface area (Å²) in [6, 6.07) is 0. The number of hydrogen-bond donors (Lipinski definition) is 1. The van der Waals surface area contributed by atoms with Gasteiger partial charge in [-0.05, 0) is 5.56 Å². The number of halogens is 1. The van der Waals surface area contributed by atoms with Crippen molar-refractivity contribution in [3.05, 3.63) is 17.5 Å². The summed E-state index contributed by atoms with van der Waals surface area (Å²) in [5.41, 5.74) is 1.19. The third kappa shape index (κ3) is 2.81. The number of aliphatic carboxylic acids is 1. The molecule has 1 heterocycles. The Morgan fingerprint density at radius 2 is 2.19 bits per heavy atom. The van der Waals surface area contributed by atoms with E-state index in [0.717, 1.165) is 5.69 Å². The van der Waals surface area contributed by atoms with Crippen molar-refractivity contribution in [3.8, 4) is 0 Å². The first-order valence-electron chi connectivity index (χ1n) is 5.11. The van der Waals surface area contributed by atoms with Crippen LogP contribution in [0.3, 0.4) is 0 Å². The number of hydrogen-bond acceptors (Lipinski definition) is 2. The van der Waals surface area contributed by atoms with Crippen molar-refractivity contribution in [2.45, 2.75) is 38.8 Å². The maximum atomic E-state index is 13.2. The van der Waals surface area contributed by atoms with E-state index in [-0.39, 0.29) is 11.8 Å². The summed E-state index contributed by atoms with van der Waals surface area (Å²) < 4.78 is 14.7. The highest BCUT2D eigenvalue weighted by atomic mass is 19.1. The fourth-order valence-electron chi connectivity index (χ4n) is 1.60. The lowest BCUT2D eigenvalue weighted by molar-refractivity contribution is -0.142. The first kappa shape index (κ1) is 12.7. The van der Waals surface area contributed by atoms with E-state index in [1.807, 2.05) is 20.8 Å². The molecule has 5 heteroatoms. The number of rotatable bonds is 3. The first-order valence-corrected chi connectivity index (χ1v) is 5.11. The van der Waals surface area contributed by atoms with Gasteiger partial charge < -0.3 is 5.11 Å². The van der Waals surface area contributed by atoms with E-state index in [4.69, 9.17) is 5.11 Å². The molecule has 0 aliphatic rings. The van der Waals surface area contributed by atoms with Gasteiger partial charge in [-0.2, -0.15) is 5.10 Å². The van der Waals surface area contributed by atoms with Gasteiger partial charge in [-0.1, -0.05) is 20.8 Å². The molecule has 0 saturated carbocycles. The zero-order valence-electron chi connectivity index (χ0n) is 9.99. The van der Waals surface area contributed by atoms with E-state index < -0.39 is 12.1 Å². The third-order valence-corrected chi connectivity index (χ3v) is 2.28. The van der Waals surface area contributed by atoms with Gasteiger partial charge in [0.1, 0.15) is 0 Å². The van der Waals surface area contributed by atoms with E-state index >= 15 is 0 Å². The Hall–Kier alpha value is -1.39. The molecular weight excluding hydrogens is 211 g/mol. The van der Waals surface area contributed by atoms with Gasteiger partial charge in [0.2, 0.25) is 6.17 Å². The van der Waals surface area contributed by atoms with Gasteiger partial charge in [-0.15, -0.1) is 0 Å². The SMILES string of the molecule is Cn1cc(CC(F)C(=O)O)c(C(C)(C)C)n1. The molecule has 90 valence electrons. The Bertz CT molecular complexity index is 393. The van der Waals surface area contributed by atoms with Gasteiger partial charge in [0.25, 0.3) is 0 Å². The number of alkyl halides is 1. The van der Waals surface area contributed by atoms with Gasteiger partial charge in [0.05, 0.1) is 5.69 Å². The maximum absolute atomic E-state index is 13.2. The molecule has 0 spiro atoms. The molecular formula is C11H17FN2O2. The molecule has 1 N–H and O–H groups in total. The zero-order valence-corrected chi connectivity index (χ0v) is 9.99. The lowest BCUT2D eigenvalue weighted by atomic mass is 9.88. The van der Waals surface area contributed by atoms with Crippen LogP contribution in [0.4, 0.5) is 4.39 Å². The fourth-order valence-corrected chi connectivity index (χ4v) is 1.60. The van der Waals surface area contributed by atoms with E-state index in [1.54, 1.807) is 17.9 Å². The largest absolute Gasteiger partial charge is 0.479 e. The molecule has 0 bridgehead atoms. The molecule has 1 aromatic rings. The van der Waals surface area contributed by atoms with E-state index in [2.05, 4.69) is 5.10 Å². The Morgan fingerprint density at radius 1 is 1.62 bits per heavy atom. The Morgan fingerprint density at radius 3 is 2.62 bits per heavy atom. The molecule has 4 nitrogen and oxygen atoms in total. The van der Waals surface area contributed by atoms with Crippen molar-refractivity contribution < 1.29 is 14.3 Å². The molecule has 0 aromatic carbocycles. The Kier molecular flexibility index (Phi) is 3.35. The van der Waals surface area contributed by atoms with Crippen LogP contribution in [0.1, 0.15) is 32.0 Å². The molecule has 16 heavy (non-hydrogen) atoms. The highest BCUT2D eigenvalue weighted by molar-refractivity contribution is 5.72. The number of nitrogens with zero attached hydrogens (tertiary/aromatic N) is 2.